The Balaban J connectivity index is 2.36. The van der Waals surface area contributed by atoms with Gasteiger partial charge in [-0.05, 0) is 23.9 Å². The summed E-state index contributed by atoms with van der Waals surface area (Å²) >= 11 is 6.03. The van der Waals surface area contributed by atoms with E-state index in [4.69, 9.17) is 21.4 Å². The number of carbonyl (C=O) groups is 1. The minimum absolute atomic E-state index is 0.428. The van der Waals surface area contributed by atoms with Gasteiger partial charge in [-0.25, -0.2) is 4.79 Å². The van der Waals surface area contributed by atoms with Gasteiger partial charge >= 0.3 is 12.1 Å². The number of rotatable bonds is 4. The molecule has 0 heterocycles. The number of alkyl halides is 3. The third-order valence-electron chi connectivity index (χ3n) is 3.43. The van der Waals surface area contributed by atoms with Crippen molar-refractivity contribution < 1.29 is 27.8 Å². The summed E-state index contributed by atoms with van der Waals surface area (Å²) in [6.07, 6.45) is -5.03. The smallest absolute Gasteiger partial charge is 0.428 e. The zero-order valence-electron chi connectivity index (χ0n) is 11.4. The van der Waals surface area contributed by atoms with Crippen molar-refractivity contribution in [2.45, 2.75) is 25.3 Å². The highest BCUT2D eigenvalue weighted by Gasteiger charge is 2.58. The van der Waals surface area contributed by atoms with Crippen LogP contribution in [0.15, 0.2) is 36.4 Å². The number of hydrogen-bond donors (Lipinski definition) is 1. The Bertz CT molecular complexity index is 715. The fraction of sp³-hybridized carbons (Fsp3) is 0.267. The molecular formula is C15H12ClF3O3. The van der Waals surface area contributed by atoms with Gasteiger partial charge in [0.2, 0.25) is 0 Å². The Morgan fingerprint density at radius 3 is 2.32 bits per heavy atom. The van der Waals surface area contributed by atoms with Gasteiger partial charge in [-0.2, -0.15) is 13.2 Å². The van der Waals surface area contributed by atoms with Crippen molar-refractivity contribution in [3.8, 4) is 0 Å². The molecule has 0 aliphatic heterocycles. The van der Waals surface area contributed by atoms with Gasteiger partial charge in [0.25, 0.3) is 5.60 Å². The maximum Gasteiger partial charge on any atom is 0.428 e. The summed E-state index contributed by atoms with van der Waals surface area (Å²) < 4.78 is 43.4. The average molecular weight is 333 g/mol. The molecule has 0 saturated carbocycles. The fourth-order valence-electron chi connectivity index (χ4n) is 1.94. The van der Waals surface area contributed by atoms with Crippen molar-refractivity contribution in [1.29, 1.82) is 0 Å². The summed E-state index contributed by atoms with van der Waals surface area (Å²) in [6, 6.07) is 9.92. The summed E-state index contributed by atoms with van der Waals surface area (Å²) in [4.78, 5) is 10.9. The molecule has 2 rings (SSSR count). The molecule has 22 heavy (non-hydrogen) atoms. The molecule has 2 aromatic carbocycles. The number of fused-ring (bicyclic) bond motifs is 1. The van der Waals surface area contributed by atoms with Crippen LogP contribution in [0.25, 0.3) is 10.8 Å². The van der Waals surface area contributed by atoms with E-state index in [2.05, 4.69) is 0 Å². The second kappa shape index (κ2) is 5.78. The van der Waals surface area contributed by atoms with E-state index < -0.39 is 24.4 Å². The normalized spacial score (nSPS) is 14.8. The summed E-state index contributed by atoms with van der Waals surface area (Å²) in [7, 11) is 0. The van der Waals surface area contributed by atoms with Gasteiger partial charge < -0.3 is 9.84 Å². The largest absolute Gasteiger partial charge is 0.479 e. The molecule has 118 valence electrons. The molecule has 0 amide bonds. The molecule has 0 aliphatic rings. The van der Waals surface area contributed by atoms with Crippen LogP contribution >= 0.6 is 11.6 Å². The molecular weight excluding hydrogens is 321 g/mol. The first-order valence-electron chi connectivity index (χ1n) is 6.27. The summed E-state index contributed by atoms with van der Waals surface area (Å²) in [5, 5.41) is 10.6. The van der Waals surface area contributed by atoms with Crippen LogP contribution in [0.4, 0.5) is 13.2 Å². The number of aliphatic carboxylic acids is 1. The van der Waals surface area contributed by atoms with E-state index in [1.165, 1.54) is 12.1 Å². The molecule has 1 N–H and O–H groups in total. The molecule has 0 aromatic heterocycles. The fourth-order valence-corrected chi connectivity index (χ4v) is 2.17. The van der Waals surface area contributed by atoms with Crippen LogP contribution in [-0.4, -0.2) is 22.9 Å². The molecule has 1 atom stereocenters. The highest BCUT2D eigenvalue weighted by atomic mass is 35.5. The van der Waals surface area contributed by atoms with E-state index in [0.29, 0.717) is 28.3 Å². The van der Waals surface area contributed by atoms with E-state index in [9.17, 15) is 18.0 Å². The molecule has 0 aliphatic carbocycles. The number of benzene rings is 2. The third-order valence-corrected chi connectivity index (χ3v) is 3.76. The van der Waals surface area contributed by atoms with Crippen molar-refractivity contribution in [3.63, 3.8) is 0 Å². The Labute approximate surface area is 129 Å². The Hall–Kier alpha value is -1.79. The molecule has 0 bridgehead atoms. The number of halogens is 4. The van der Waals surface area contributed by atoms with Gasteiger partial charge in [-0.3, -0.25) is 0 Å². The Morgan fingerprint density at radius 1 is 1.18 bits per heavy atom. The number of carboxylic acids is 1. The molecule has 0 radical (unpaired) electrons. The van der Waals surface area contributed by atoms with Crippen molar-refractivity contribution in [2.75, 3.05) is 0 Å². The first kappa shape index (κ1) is 16.6. The van der Waals surface area contributed by atoms with Crippen LogP contribution in [0, 0.1) is 0 Å². The minimum atomic E-state index is -5.03. The second-order valence-electron chi connectivity index (χ2n) is 4.88. The molecule has 0 spiro atoms. The van der Waals surface area contributed by atoms with Crippen molar-refractivity contribution in [3.05, 3.63) is 47.0 Å². The quantitative estimate of drug-likeness (QED) is 0.901. The van der Waals surface area contributed by atoms with Crippen LogP contribution in [0.5, 0.6) is 0 Å². The van der Waals surface area contributed by atoms with Gasteiger partial charge in [0, 0.05) is 10.4 Å². The number of hydrogen-bond acceptors (Lipinski definition) is 2. The zero-order chi connectivity index (χ0) is 16.5. The second-order valence-corrected chi connectivity index (χ2v) is 5.28. The van der Waals surface area contributed by atoms with Gasteiger partial charge in [-0.15, -0.1) is 0 Å². The van der Waals surface area contributed by atoms with Crippen LogP contribution < -0.4 is 0 Å². The van der Waals surface area contributed by atoms with E-state index in [1.54, 1.807) is 24.3 Å². The van der Waals surface area contributed by atoms with Crippen LogP contribution in [0.1, 0.15) is 12.5 Å². The number of carboxylic acid groups (broad SMARTS) is 1. The summed E-state index contributed by atoms with van der Waals surface area (Å²) in [5.41, 5.74) is -2.84. The zero-order valence-corrected chi connectivity index (χ0v) is 12.2. The van der Waals surface area contributed by atoms with E-state index in [-0.39, 0.29) is 0 Å². The van der Waals surface area contributed by atoms with E-state index in [1.807, 2.05) is 0 Å². The van der Waals surface area contributed by atoms with Gasteiger partial charge in [0.1, 0.15) is 0 Å². The summed E-state index contributed by atoms with van der Waals surface area (Å²) in [6.45, 7) is -0.00651. The molecule has 0 saturated heterocycles. The monoisotopic (exact) mass is 332 g/mol. The summed E-state index contributed by atoms with van der Waals surface area (Å²) in [5.74, 6) is -2.08. The lowest BCUT2D eigenvalue weighted by molar-refractivity contribution is -0.272. The molecule has 0 fully saturated rings. The molecule has 2 aromatic rings. The van der Waals surface area contributed by atoms with E-state index >= 15 is 0 Å². The molecule has 3 nitrogen and oxygen atoms in total. The van der Waals surface area contributed by atoms with Crippen molar-refractivity contribution in [1.82, 2.24) is 0 Å². The van der Waals surface area contributed by atoms with Crippen LogP contribution in [0.3, 0.4) is 0 Å². The lowest BCUT2D eigenvalue weighted by Gasteiger charge is -2.27. The first-order valence-corrected chi connectivity index (χ1v) is 6.65. The Morgan fingerprint density at radius 2 is 1.77 bits per heavy atom. The van der Waals surface area contributed by atoms with E-state index in [0.717, 1.165) is 0 Å². The standard InChI is InChI=1S/C15H12ClF3O3/c1-14(13(20)21,15(17,18)19)22-8-9-6-7-12(16)11-5-3-2-4-10(9)11/h2-7H,8H2,1H3,(H,20,21). The average Bonchev–Trinajstić information content (AvgIpc) is 2.45. The van der Waals surface area contributed by atoms with Crippen molar-refractivity contribution in [2.24, 2.45) is 0 Å². The minimum Gasteiger partial charge on any atom is -0.479 e. The highest BCUT2D eigenvalue weighted by Crippen LogP contribution is 2.35. The van der Waals surface area contributed by atoms with Gasteiger partial charge in [0.05, 0.1) is 6.61 Å². The lowest BCUT2D eigenvalue weighted by atomic mass is 10.0. The highest BCUT2D eigenvalue weighted by molar-refractivity contribution is 6.35. The molecule has 7 heteroatoms. The lowest BCUT2D eigenvalue weighted by Crippen LogP contribution is -2.51. The SMILES string of the molecule is CC(OCc1ccc(Cl)c2ccccc12)(C(=O)O)C(F)(F)F. The number of ether oxygens (including phenoxy) is 1. The predicted molar refractivity (Wildman–Crippen MR) is 75.8 cm³/mol. The third kappa shape index (κ3) is 2.89. The van der Waals surface area contributed by atoms with Crippen LogP contribution in [-0.2, 0) is 16.1 Å². The topological polar surface area (TPSA) is 46.5 Å². The maximum atomic E-state index is 12.9. The van der Waals surface area contributed by atoms with Crippen molar-refractivity contribution >= 4 is 28.3 Å². The van der Waals surface area contributed by atoms with Gasteiger partial charge in [0.15, 0.2) is 0 Å². The Kier molecular flexibility index (Phi) is 4.35. The first-order chi connectivity index (χ1) is 10.2. The predicted octanol–water partition coefficient (Wildman–Crippen LogP) is 4.42. The maximum absolute atomic E-state index is 12.9. The van der Waals surface area contributed by atoms with Gasteiger partial charge in [-0.1, -0.05) is 41.9 Å². The van der Waals surface area contributed by atoms with Crippen LogP contribution in [0.2, 0.25) is 5.02 Å². The molecule has 1 unspecified atom stereocenters.